The van der Waals surface area contributed by atoms with Gasteiger partial charge in [0.2, 0.25) is 0 Å². The van der Waals surface area contributed by atoms with Crippen LogP contribution in [0.1, 0.15) is 10.5 Å². The maximum atomic E-state index is 12.2. The highest BCUT2D eigenvalue weighted by atomic mass is 16.1. The van der Waals surface area contributed by atoms with Gasteiger partial charge >= 0.3 is 0 Å². The third-order valence-electron chi connectivity index (χ3n) is 3.51. The van der Waals surface area contributed by atoms with Gasteiger partial charge in [-0.05, 0) is 24.3 Å². The van der Waals surface area contributed by atoms with Crippen LogP contribution in [0.4, 0.5) is 0 Å². The van der Waals surface area contributed by atoms with E-state index in [0.29, 0.717) is 12.2 Å². The van der Waals surface area contributed by atoms with Crippen LogP contribution in [0.25, 0.3) is 10.9 Å². The molecule has 1 aromatic carbocycles. The van der Waals surface area contributed by atoms with E-state index >= 15 is 0 Å². The van der Waals surface area contributed by atoms with Gasteiger partial charge in [-0.1, -0.05) is 18.2 Å². The molecular weight excluding hydrogens is 250 g/mol. The third-order valence-corrected chi connectivity index (χ3v) is 3.51. The molecule has 0 bridgehead atoms. The molecule has 2 heterocycles. The van der Waals surface area contributed by atoms with E-state index in [1.807, 2.05) is 71.0 Å². The standard InChI is InChI=1S/C16H17N3O/c1-18-14-7-3-2-6-13(14)12-15(18)16(20)17-8-11-19-9-4-5-10-19/h2-7,9-10,12H,8,11H2,1H3,(H,17,20). The summed E-state index contributed by atoms with van der Waals surface area (Å²) in [6.45, 7) is 1.40. The fraction of sp³-hybridized carbons (Fsp3) is 0.188. The maximum absolute atomic E-state index is 12.2. The summed E-state index contributed by atoms with van der Waals surface area (Å²) in [6, 6.07) is 13.9. The molecular formula is C16H17N3O. The van der Waals surface area contributed by atoms with Crippen LogP contribution in [0.15, 0.2) is 54.9 Å². The number of amides is 1. The third kappa shape index (κ3) is 2.32. The molecule has 3 rings (SSSR count). The molecule has 0 saturated carbocycles. The number of nitrogens with zero attached hydrogens (tertiary/aromatic N) is 2. The number of para-hydroxylation sites is 1. The number of rotatable bonds is 4. The Bertz CT molecular complexity index is 725. The predicted molar refractivity (Wildman–Crippen MR) is 79.7 cm³/mol. The highest BCUT2D eigenvalue weighted by molar-refractivity contribution is 5.98. The summed E-state index contributed by atoms with van der Waals surface area (Å²) in [6.07, 6.45) is 3.98. The summed E-state index contributed by atoms with van der Waals surface area (Å²) in [4.78, 5) is 12.2. The summed E-state index contributed by atoms with van der Waals surface area (Å²) < 4.78 is 3.97. The summed E-state index contributed by atoms with van der Waals surface area (Å²) in [5.41, 5.74) is 1.77. The van der Waals surface area contributed by atoms with Crippen LogP contribution < -0.4 is 5.32 Å². The van der Waals surface area contributed by atoms with E-state index in [2.05, 4.69) is 5.32 Å². The molecule has 4 nitrogen and oxygen atoms in total. The number of hydrogen-bond donors (Lipinski definition) is 1. The molecule has 0 unspecified atom stereocenters. The molecule has 1 N–H and O–H groups in total. The number of nitrogens with one attached hydrogen (secondary N) is 1. The van der Waals surface area contributed by atoms with Crippen molar-refractivity contribution in [3.63, 3.8) is 0 Å². The van der Waals surface area contributed by atoms with Crippen molar-refractivity contribution in [3.8, 4) is 0 Å². The number of carbonyl (C=O) groups excluding carboxylic acids is 1. The lowest BCUT2D eigenvalue weighted by Gasteiger charge is -2.07. The number of carbonyl (C=O) groups is 1. The molecule has 0 aliphatic heterocycles. The largest absolute Gasteiger partial charge is 0.353 e. The van der Waals surface area contributed by atoms with E-state index in [1.165, 1.54) is 0 Å². The van der Waals surface area contributed by atoms with Crippen molar-refractivity contribution in [2.45, 2.75) is 6.54 Å². The van der Waals surface area contributed by atoms with Crippen LogP contribution in [0.5, 0.6) is 0 Å². The zero-order valence-electron chi connectivity index (χ0n) is 11.4. The molecule has 0 spiro atoms. The minimum atomic E-state index is -0.0316. The first-order chi connectivity index (χ1) is 9.75. The van der Waals surface area contributed by atoms with Crippen molar-refractivity contribution in [2.24, 2.45) is 7.05 Å². The summed E-state index contributed by atoms with van der Waals surface area (Å²) >= 11 is 0. The van der Waals surface area contributed by atoms with Crippen LogP contribution in [0.2, 0.25) is 0 Å². The van der Waals surface area contributed by atoms with E-state index < -0.39 is 0 Å². The molecule has 0 radical (unpaired) electrons. The van der Waals surface area contributed by atoms with Gasteiger partial charge in [-0.15, -0.1) is 0 Å². The average Bonchev–Trinajstić information content (AvgIpc) is 3.08. The van der Waals surface area contributed by atoms with Crippen molar-refractivity contribution >= 4 is 16.8 Å². The molecule has 4 heteroatoms. The average molecular weight is 267 g/mol. The summed E-state index contributed by atoms with van der Waals surface area (Å²) in [5.74, 6) is -0.0316. The number of hydrogen-bond acceptors (Lipinski definition) is 1. The van der Waals surface area contributed by atoms with Crippen molar-refractivity contribution in [3.05, 3.63) is 60.6 Å². The first-order valence-electron chi connectivity index (χ1n) is 6.69. The molecule has 0 atom stereocenters. The van der Waals surface area contributed by atoms with Gasteiger partial charge in [0.25, 0.3) is 5.91 Å². The van der Waals surface area contributed by atoms with Crippen molar-refractivity contribution in [1.82, 2.24) is 14.5 Å². The lowest BCUT2D eigenvalue weighted by atomic mass is 10.2. The minimum absolute atomic E-state index is 0.0316. The first-order valence-corrected chi connectivity index (χ1v) is 6.69. The molecule has 2 aromatic heterocycles. The molecule has 0 aliphatic rings. The Balaban J connectivity index is 1.71. The van der Waals surface area contributed by atoms with Gasteiger partial charge in [-0.25, -0.2) is 0 Å². The summed E-state index contributed by atoms with van der Waals surface area (Å²) in [5, 5.41) is 4.05. The number of fused-ring (bicyclic) bond motifs is 1. The fourth-order valence-corrected chi connectivity index (χ4v) is 2.42. The second-order valence-corrected chi connectivity index (χ2v) is 4.82. The van der Waals surface area contributed by atoms with Gasteiger partial charge in [-0.2, -0.15) is 0 Å². The topological polar surface area (TPSA) is 39.0 Å². The Hall–Kier alpha value is -2.49. The summed E-state index contributed by atoms with van der Waals surface area (Å²) in [7, 11) is 1.92. The van der Waals surface area contributed by atoms with E-state index in [9.17, 15) is 4.79 Å². The zero-order valence-corrected chi connectivity index (χ0v) is 11.4. The predicted octanol–water partition coefficient (Wildman–Crippen LogP) is 2.41. The number of aryl methyl sites for hydroxylation is 1. The highest BCUT2D eigenvalue weighted by Gasteiger charge is 2.12. The van der Waals surface area contributed by atoms with Crippen molar-refractivity contribution in [2.75, 3.05) is 6.54 Å². The smallest absolute Gasteiger partial charge is 0.267 e. The van der Waals surface area contributed by atoms with E-state index in [0.717, 1.165) is 17.4 Å². The molecule has 102 valence electrons. The Kier molecular flexibility index (Phi) is 3.29. The minimum Gasteiger partial charge on any atom is -0.353 e. The Labute approximate surface area is 117 Å². The van der Waals surface area contributed by atoms with E-state index in [1.54, 1.807) is 0 Å². The van der Waals surface area contributed by atoms with Gasteiger partial charge in [0.1, 0.15) is 5.69 Å². The molecule has 0 aliphatic carbocycles. The maximum Gasteiger partial charge on any atom is 0.267 e. The van der Waals surface area contributed by atoms with E-state index in [-0.39, 0.29) is 5.91 Å². The SMILES string of the molecule is Cn1c(C(=O)NCCn2cccc2)cc2ccccc21. The van der Waals surface area contributed by atoms with Crippen LogP contribution in [-0.4, -0.2) is 21.6 Å². The fourth-order valence-electron chi connectivity index (χ4n) is 2.42. The Morgan fingerprint density at radius 1 is 1.15 bits per heavy atom. The molecule has 3 aromatic rings. The Morgan fingerprint density at radius 3 is 2.65 bits per heavy atom. The van der Waals surface area contributed by atoms with Gasteiger partial charge in [-0.3, -0.25) is 4.79 Å². The van der Waals surface area contributed by atoms with Crippen LogP contribution in [-0.2, 0) is 13.6 Å². The van der Waals surface area contributed by atoms with Crippen LogP contribution in [0, 0.1) is 0 Å². The zero-order chi connectivity index (χ0) is 13.9. The van der Waals surface area contributed by atoms with Gasteiger partial charge < -0.3 is 14.5 Å². The highest BCUT2D eigenvalue weighted by Crippen LogP contribution is 2.17. The van der Waals surface area contributed by atoms with Crippen molar-refractivity contribution < 1.29 is 4.79 Å². The number of aromatic nitrogens is 2. The monoisotopic (exact) mass is 267 g/mol. The second-order valence-electron chi connectivity index (χ2n) is 4.82. The molecule has 0 fully saturated rings. The first kappa shape index (κ1) is 12.5. The second kappa shape index (κ2) is 5.25. The molecule has 1 amide bonds. The number of benzene rings is 1. The normalized spacial score (nSPS) is 10.8. The van der Waals surface area contributed by atoms with Crippen molar-refractivity contribution in [1.29, 1.82) is 0 Å². The van der Waals surface area contributed by atoms with Gasteiger partial charge in [0.15, 0.2) is 0 Å². The Morgan fingerprint density at radius 2 is 1.90 bits per heavy atom. The molecule has 0 saturated heterocycles. The van der Waals surface area contributed by atoms with Gasteiger partial charge in [0.05, 0.1) is 0 Å². The van der Waals surface area contributed by atoms with E-state index in [4.69, 9.17) is 0 Å². The van der Waals surface area contributed by atoms with Crippen LogP contribution in [0.3, 0.4) is 0 Å². The van der Waals surface area contributed by atoms with Gasteiger partial charge in [0, 0.05) is 43.4 Å². The molecule has 20 heavy (non-hydrogen) atoms. The lowest BCUT2D eigenvalue weighted by Crippen LogP contribution is -2.28. The van der Waals surface area contributed by atoms with Crippen LogP contribution >= 0.6 is 0 Å². The lowest BCUT2D eigenvalue weighted by molar-refractivity contribution is 0.0944. The quantitative estimate of drug-likeness (QED) is 0.774.